The fourth-order valence-electron chi connectivity index (χ4n) is 3.06. The molecule has 0 amide bonds. The first-order chi connectivity index (χ1) is 14.3. The first-order valence-corrected chi connectivity index (χ1v) is 9.63. The summed E-state index contributed by atoms with van der Waals surface area (Å²) in [4.78, 5) is 10.9. The molecule has 162 valence electrons. The van der Waals surface area contributed by atoms with Gasteiger partial charge < -0.3 is 9.47 Å². The molecular formula is C23H24F4O3. The number of carbonyl (C=O) groups is 1. The van der Waals surface area contributed by atoms with Gasteiger partial charge in [0.2, 0.25) is 0 Å². The standard InChI is InChI=1S/C23H24F4O3/c1-3-23(28)30-10-6-4-5-7-17-19(24)11-15(12-20(17)25)8-9-18-21(26)13-16(29-2)14-22(18)27/h3,11-14H,1,4-10H2,2H3. The summed E-state index contributed by atoms with van der Waals surface area (Å²) < 4.78 is 66.3. The Morgan fingerprint density at radius 3 is 2.00 bits per heavy atom. The van der Waals surface area contributed by atoms with Gasteiger partial charge in [-0.15, -0.1) is 0 Å². The molecule has 7 heteroatoms. The maximum absolute atomic E-state index is 14.3. The third-order valence-corrected chi connectivity index (χ3v) is 4.70. The van der Waals surface area contributed by atoms with Crippen LogP contribution in [0.15, 0.2) is 36.9 Å². The Hall–Kier alpha value is -2.83. The van der Waals surface area contributed by atoms with Crippen molar-refractivity contribution in [2.24, 2.45) is 0 Å². The van der Waals surface area contributed by atoms with Crippen molar-refractivity contribution in [2.75, 3.05) is 13.7 Å². The summed E-state index contributed by atoms with van der Waals surface area (Å²) in [6.45, 7) is 3.52. The van der Waals surface area contributed by atoms with Crippen LogP contribution in [0.4, 0.5) is 17.6 Å². The predicted molar refractivity (Wildman–Crippen MR) is 105 cm³/mol. The maximum Gasteiger partial charge on any atom is 0.330 e. The average Bonchev–Trinajstić information content (AvgIpc) is 2.71. The fourth-order valence-corrected chi connectivity index (χ4v) is 3.06. The zero-order valence-electron chi connectivity index (χ0n) is 16.8. The number of ether oxygens (including phenoxy) is 2. The minimum atomic E-state index is -0.761. The molecule has 0 unspecified atom stereocenters. The molecular weight excluding hydrogens is 400 g/mol. The lowest BCUT2D eigenvalue weighted by Crippen LogP contribution is -2.04. The van der Waals surface area contributed by atoms with Crippen molar-refractivity contribution >= 4 is 5.97 Å². The Bertz CT molecular complexity index is 850. The molecule has 0 atom stereocenters. The number of rotatable bonds is 11. The topological polar surface area (TPSA) is 35.5 Å². The van der Waals surface area contributed by atoms with Crippen molar-refractivity contribution < 1.29 is 31.8 Å². The molecule has 0 radical (unpaired) electrons. The fraction of sp³-hybridized carbons (Fsp3) is 0.348. The molecule has 0 saturated heterocycles. The van der Waals surface area contributed by atoms with Crippen LogP contribution in [-0.2, 0) is 28.8 Å². The number of hydrogen-bond acceptors (Lipinski definition) is 3. The molecule has 0 spiro atoms. The second-order valence-electron chi connectivity index (χ2n) is 6.79. The Labute approximate surface area is 173 Å². The van der Waals surface area contributed by atoms with Crippen LogP contribution in [0.1, 0.15) is 36.0 Å². The normalized spacial score (nSPS) is 10.7. The monoisotopic (exact) mass is 424 g/mol. The maximum atomic E-state index is 14.3. The van der Waals surface area contributed by atoms with Crippen LogP contribution in [0, 0.1) is 23.3 Å². The molecule has 0 fully saturated rings. The summed E-state index contributed by atoms with van der Waals surface area (Å²) in [6, 6.07) is 4.54. The third-order valence-electron chi connectivity index (χ3n) is 4.70. The molecule has 3 nitrogen and oxygen atoms in total. The van der Waals surface area contributed by atoms with Crippen molar-refractivity contribution in [1.29, 1.82) is 0 Å². The smallest absolute Gasteiger partial charge is 0.330 e. The van der Waals surface area contributed by atoms with Gasteiger partial charge in [-0.3, -0.25) is 0 Å². The van der Waals surface area contributed by atoms with Crippen molar-refractivity contribution in [3.63, 3.8) is 0 Å². The van der Waals surface area contributed by atoms with Crippen LogP contribution in [0.2, 0.25) is 0 Å². The Morgan fingerprint density at radius 1 is 0.867 bits per heavy atom. The number of unbranched alkanes of at least 4 members (excludes halogenated alkanes) is 2. The van der Waals surface area contributed by atoms with Gasteiger partial charge in [-0.05, 0) is 56.2 Å². The quantitative estimate of drug-likeness (QED) is 0.207. The number of methoxy groups -OCH3 is 1. The van der Waals surface area contributed by atoms with Gasteiger partial charge >= 0.3 is 5.97 Å². The largest absolute Gasteiger partial charge is 0.497 e. The van der Waals surface area contributed by atoms with Crippen molar-refractivity contribution in [3.8, 4) is 5.75 Å². The summed E-state index contributed by atoms with van der Waals surface area (Å²) in [5.74, 6) is -3.32. The second-order valence-corrected chi connectivity index (χ2v) is 6.79. The van der Waals surface area contributed by atoms with Gasteiger partial charge in [0.15, 0.2) is 0 Å². The van der Waals surface area contributed by atoms with E-state index in [1.54, 1.807) is 0 Å². The van der Waals surface area contributed by atoms with Crippen LogP contribution in [0.3, 0.4) is 0 Å². The molecule has 0 bridgehead atoms. The summed E-state index contributed by atoms with van der Waals surface area (Å²) in [6.07, 6.45) is 3.08. The lowest BCUT2D eigenvalue weighted by molar-refractivity contribution is -0.137. The highest BCUT2D eigenvalue weighted by Crippen LogP contribution is 2.23. The van der Waals surface area contributed by atoms with E-state index in [2.05, 4.69) is 6.58 Å². The zero-order valence-corrected chi connectivity index (χ0v) is 16.8. The molecule has 0 aliphatic heterocycles. The van der Waals surface area contributed by atoms with E-state index in [-0.39, 0.29) is 42.7 Å². The predicted octanol–water partition coefficient (Wildman–Crippen LogP) is 5.48. The van der Waals surface area contributed by atoms with Crippen LogP contribution in [-0.4, -0.2) is 19.7 Å². The average molecular weight is 424 g/mol. The molecule has 30 heavy (non-hydrogen) atoms. The summed E-state index contributed by atoms with van der Waals surface area (Å²) in [7, 11) is 1.30. The van der Waals surface area contributed by atoms with Crippen molar-refractivity contribution in [2.45, 2.75) is 38.5 Å². The van der Waals surface area contributed by atoms with E-state index in [0.717, 1.165) is 18.2 Å². The van der Waals surface area contributed by atoms with E-state index < -0.39 is 29.2 Å². The van der Waals surface area contributed by atoms with Gasteiger partial charge in [-0.2, -0.15) is 0 Å². The van der Waals surface area contributed by atoms with Crippen molar-refractivity contribution in [1.82, 2.24) is 0 Å². The lowest BCUT2D eigenvalue weighted by Gasteiger charge is -2.10. The molecule has 0 aromatic heterocycles. The van der Waals surface area contributed by atoms with Crippen LogP contribution in [0.25, 0.3) is 0 Å². The Morgan fingerprint density at radius 2 is 1.43 bits per heavy atom. The third kappa shape index (κ3) is 6.61. The van der Waals surface area contributed by atoms with E-state index in [9.17, 15) is 22.4 Å². The number of halogens is 4. The van der Waals surface area contributed by atoms with E-state index in [1.807, 2.05) is 0 Å². The van der Waals surface area contributed by atoms with E-state index >= 15 is 0 Å². The summed E-state index contributed by atoms with van der Waals surface area (Å²) >= 11 is 0. The number of aryl methyl sites for hydroxylation is 1. The molecule has 0 heterocycles. The highest BCUT2D eigenvalue weighted by atomic mass is 19.1. The Kier molecular flexibility index (Phi) is 8.89. The van der Waals surface area contributed by atoms with Gasteiger partial charge in [0.25, 0.3) is 0 Å². The molecule has 2 aromatic carbocycles. The SMILES string of the molecule is C=CC(=O)OCCCCCc1c(F)cc(CCc2c(F)cc(OC)cc2F)cc1F. The molecule has 0 N–H and O–H groups in total. The number of benzene rings is 2. The number of hydrogen-bond donors (Lipinski definition) is 0. The number of esters is 1. The van der Waals surface area contributed by atoms with Crippen LogP contribution >= 0.6 is 0 Å². The highest BCUT2D eigenvalue weighted by Gasteiger charge is 2.15. The molecule has 2 rings (SSSR count). The first kappa shape index (κ1) is 23.4. The summed E-state index contributed by atoms with van der Waals surface area (Å²) in [5, 5.41) is 0. The highest BCUT2D eigenvalue weighted by molar-refractivity contribution is 5.81. The van der Waals surface area contributed by atoms with Gasteiger partial charge in [-0.1, -0.05) is 6.58 Å². The van der Waals surface area contributed by atoms with Gasteiger partial charge in [0.05, 0.1) is 13.7 Å². The minimum Gasteiger partial charge on any atom is -0.497 e. The second kappa shape index (κ2) is 11.4. The van der Waals surface area contributed by atoms with E-state index in [4.69, 9.17) is 9.47 Å². The van der Waals surface area contributed by atoms with E-state index in [1.165, 1.54) is 19.2 Å². The van der Waals surface area contributed by atoms with Crippen LogP contribution < -0.4 is 4.74 Å². The minimum absolute atomic E-state index is 0.0244. The molecule has 0 saturated carbocycles. The number of carbonyl (C=O) groups excluding carboxylic acids is 1. The zero-order chi connectivity index (χ0) is 22.1. The van der Waals surface area contributed by atoms with Gasteiger partial charge in [0, 0.05) is 29.3 Å². The first-order valence-electron chi connectivity index (χ1n) is 9.63. The van der Waals surface area contributed by atoms with Gasteiger partial charge in [-0.25, -0.2) is 22.4 Å². The van der Waals surface area contributed by atoms with Gasteiger partial charge in [0.1, 0.15) is 29.0 Å². The van der Waals surface area contributed by atoms with Crippen molar-refractivity contribution in [3.05, 3.63) is 76.9 Å². The molecule has 0 aliphatic rings. The lowest BCUT2D eigenvalue weighted by atomic mass is 9.99. The molecule has 2 aromatic rings. The van der Waals surface area contributed by atoms with E-state index in [0.29, 0.717) is 24.8 Å². The molecule has 0 aliphatic carbocycles. The summed E-state index contributed by atoms with van der Waals surface area (Å²) in [5.41, 5.74) is 0.140. The van der Waals surface area contributed by atoms with Crippen LogP contribution in [0.5, 0.6) is 5.75 Å². The Balaban J connectivity index is 1.91.